The van der Waals surface area contributed by atoms with Gasteiger partial charge in [0.05, 0.1) is 0 Å². The highest BCUT2D eigenvalue weighted by atomic mass is 127. The minimum atomic E-state index is -0.319. The lowest BCUT2D eigenvalue weighted by Gasteiger charge is -2.12. The van der Waals surface area contributed by atoms with Crippen LogP contribution in [0.15, 0.2) is 23.0 Å². The lowest BCUT2D eigenvalue weighted by molar-refractivity contribution is 0.447. The van der Waals surface area contributed by atoms with Crippen LogP contribution in [-0.2, 0) is 6.42 Å². The standard InChI is InChI=1S/C13H12IN3O2/c1-17-5-4-7-6-8(2-3-9(7)17)11-15-12(18)10(14)13(19)16-11/h2-3,6H,4-5H2,1H3,(H2,15,16,18,19). The molecule has 0 aliphatic carbocycles. The summed E-state index contributed by atoms with van der Waals surface area (Å²) in [5, 5.41) is 9.63. The normalized spacial score (nSPS) is 13.7. The fourth-order valence-corrected chi connectivity index (χ4v) is 2.55. The van der Waals surface area contributed by atoms with Crippen LogP contribution in [0.1, 0.15) is 5.56 Å². The van der Waals surface area contributed by atoms with Crippen molar-refractivity contribution in [3.05, 3.63) is 37.7 Å². The van der Waals surface area contributed by atoms with E-state index in [1.807, 2.05) is 18.2 Å². The molecule has 1 aliphatic rings. The van der Waals surface area contributed by atoms with Gasteiger partial charge in [-0.15, -0.1) is 0 Å². The van der Waals surface area contributed by atoms with Gasteiger partial charge in [-0.3, -0.25) is 4.79 Å². The van der Waals surface area contributed by atoms with Gasteiger partial charge in [-0.1, -0.05) is 0 Å². The number of hydrogen-bond acceptors (Lipinski definition) is 4. The van der Waals surface area contributed by atoms with E-state index in [4.69, 9.17) is 0 Å². The van der Waals surface area contributed by atoms with Crippen molar-refractivity contribution in [1.82, 2.24) is 9.97 Å². The summed E-state index contributed by atoms with van der Waals surface area (Å²) in [4.78, 5) is 20.6. The maximum Gasteiger partial charge on any atom is 0.268 e. The van der Waals surface area contributed by atoms with E-state index in [1.54, 1.807) is 22.6 Å². The molecule has 5 nitrogen and oxygen atoms in total. The minimum absolute atomic E-state index is 0.210. The summed E-state index contributed by atoms with van der Waals surface area (Å²) < 4.78 is 0.210. The van der Waals surface area contributed by atoms with Crippen LogP contribution < -0.4 is 10.5 Å². The largest absolute Gasteiger partial charge is 0.492 e. The lowest BCUT2D eigenvalue weighted by atomic mass is 10.1. The summed E-state index contributed by atoms with van der Waals surface area (Å²) in [6.45, 7) is 1.00. The molecule has 98 valence electrons. The predicted molar refractivity (Wildman–Crippen MR) is 81.6 cm³/mol. The van der Waals surface area contributed by atoms with E-state index in [0.717, 1.165) is 18.5 Å². The first-order chi connectivity index (χ1) is 9.06. The Bertz CT molecular complexity index is 712. The van der Waals surface area contributed by atoms with Crippen LogP contribution >= 0.6 is 22.6 Å². The average molecular weight is 369 g/mol. The molecule has 19 heavy (non-hydrogen) atoms. The van der Waals surface area contributed by atoms with E-state index in [0.29, 0.717) is 5.82 Å². The molecule has 2 heterocycles. The SMILES string of the molecule is CN1CCc2cc(-c3nc(O)c(I)c(=O)[nH]3)ccc21. The number of aromatic hydroxyl groups is 1. The molecule has 1 aliphatic heterocycles. The molecule has 0 radical (unpaired) electrons. The van der Waals surface area contributed by atoms with Crippen LogP contribution in [0.5, 0.6) is 5.88 Å². The molecule has 6 heteroatoms. The maximum atomic E-state index is 11.6. The zero-order valence-corrected chi connectivity index (χ0v) is 12.4. The average Bonchev–Trinajstić information content (AvgIpc) is 2.76. The second kappa shape index (κ2) is 4.52. The first-order valence-electron chi connectivity index (χ1n) is 5.89. The fourth-order valence-electron chi connectivity index (χ4n) is 2.30. The van der Waals surface area contributed by atoms with Gasteiger partial charge in [-0.2, -0.15) is 4.98 Å². The predicted octanol–water partition coefficient (Wildman–Crippen LogP) is 1.74. The van der Waals surface area contributed by atoms with E-state index in [-0.39, 0.29) is 15.0 Å². The van der Waals surface area contributed by atoms with Crippen molar-refractivity contribution >= 4 is 28.3 Å². The van der Waals surface area contributed by atoms with E-state index in [9.17, 15) is 9.90 Å². The summed E-state index contributed by atoms with van der Waals surface area (Å²) in [5.41, 5.74) is 2.94. The summed E-state index contributed by atoms with van der Waals surface area (Å²) in [6.07, 6.45) is 0.986. The fraction of sp³-hybridized carbons (Fsp3) is 0.231. The number of rotatable bonds is 1. The molecule has 1 aromatic heterocycles. The van der Waals surface area contributed by atoms with Crippen molar-refractivity contribution in [1.29, 1.82) is 0 Å². The Balaban J connectivity index is 2.11. The van der Waals surface area contributed by atoms with Gasteiger partial charge in [0.15, 0.2) is 0 Å². The van der Waals surface area contributed by atoms with Crippen molar-refractivity contribution in [2.24, 2.45) is 0 Å². The number of nitrogens with zero attached hydrogens (tertiary/aromatic N) is 2. The van der Waals surface area contributed by atoms with Crippen LogP contribution in [0, 0.1) is 3.57 Å². The van der Waals surface area contributed by atoms with Crippen LogP contribution in [0.2, 0.25) is 0 Å². The van der Waals surface area contributed by atoms with Gasteiger partial charge in [-0.25, -0.2) is 0 Å². The van der Waals surface area contributed by atoms with E-state index in [1.165, 1.54) is 11.3 Å². The third-order valence-electron chi connectivity index (χ3n) is 3.33. The second-order valence-electron chi connectivity index (χ2n) is 4.57. The zero-order chi connectivity index (χ0) is 13.6. The lowest BCUT2D eigenvalue weighted by Crippen LogP contribution is -2.13. The van der Waals surface area contributed by atoms with Crippen LogP contribution in [0.4, 0.5) is 5.69 Å². The quantitative estimate of drug-likeness (QED) is 0.752. The maximum absolute atomic E-state index is 11.6. The highest BCUT2D eigenvalue weighted by molar-refractivity contribution is 14.1. The Morgan fingerprint density at radius 3 is 3.00 bits per heavy atom. The number of benzene rings is 1. The van der Waals surface area contributed by atoms with Gasteiger partial charge in [0.1, 0.15) is 9.39 Å². The monoisotopic (exact) mass is 369 g/mol. The number of hydrogen-bond donors (Lipinski definition) is 2. The summed E-state index contributed by atoms with van der Waals surface area (Å²) in [6, 6.07) is 5.95. The molecule has 1 aromatic carbocycles. The molecule has 0 unspecified atom stereocenters. The summed E-state index contributed by atoms with van der Waals surface area (Å²) in [5.74, 6) is 0.178. The molecule has 3 rings (SSSR count). The molecule has 2 N–H and O–H groups in total. The number of aromatic nitrogens is 2. The molecule has 2 aromatic rings. The number of H-pyrrole nitrogens is 1. The number of aromatic amines is 1. The van der Waals surface area contributed by atoms with Gasteiger partial charge < -0.3 is 15.0 Å². The molecule has 0 spiro atoms. The number of nitrogens with one attached hydrogen (secondary N) is 1. The Kier molecular flexibility index (Phi) is 2.96. The molecule has 0 saturated heterocycles. The van der Waals surface area contributed by atoms with Crippen molar-refractivity contribution in [2.75, 3.05) is 18.5 Å². The van der Waals surface area contributed by atoms with E-state index < -0.39 is 0 Å². The van der Waals surface area contributed by atoms with Gasteiger partial charge in [0.2, 0.25) is 5.88 Å². The smallest absolute Gasteiger partial charge is 0.268 e. The minimum Gasteiger partial charge on any atom is -0.492 e. The van der Waals surface area contributed by atoms with Gasteiger partial charge in [0, 0.05) is 24.8 Å². The van der Waals surface area contributed by atoms with Gasteiger partial charge in [0.25, 0.3) is 5.56 Å². The number of likely N-dealkylation sites (N-methyl/N-ethyl adjacent to an activating group) is 1. The third kappa shape index (κ3) is 2.09. The number of fused-ring (bicyclic) bond motifs is 1. The van der Waals surface area contributed by atoms with Crippen molar-refractivity contribution in [3.8, 4) is 17.3 Å². The van der Waals surface area contributed by atoms with Gasteiger partial charge in [-0.05, 0) is 52.8 Å². The Morgan fingerprint density at radius 2 is 2.26 bits per heavy atom. The molecule has 0 atom stereocenters. The Labute approximate surface area is 123 Å². The third-order valence-corrected chi connectivity index (χ3v) is 4.30. The molecule has 0 saturated carbocycles. The van der Waals surface area contributed by atoms with Crippen molar-refractivity contribution in [3.63, 3.8) is 0 Å². The second-order valence-corrected chi connectivity index (χ2v) is 5.65. The first kappa shape index (κ1) is 12.5. The van der Waals surface area contributed by atoms with Crippen LogP contribution in [0.3, 0.4) is 0 Å². The molecular formula is C13H12IN3O2. The topological polar surface area (TPSA) is 69.2 Å². The number of anilines is 1. The summed E-state index contributed by atoms with van der Waals surface area (Å²) in [7, 11) is 2.06. The Hall–Kier alpha value is -1.57. The highest BCUT2D eigenvalue weighted by Crippen LogP contribution is 2.30. The summed E-state index contributed by atoms with van der Waals surface area (Å²) >= 11 is 1.77. The first-order valence-corrected chi connectivity index (χ1v) is 6.97. The molecular weight excluding hydrogens is 357 g/mol. The van der Waals surface area contributed by atoms with Gasteiger partial charge >= 0.3 is 0 Å². The Morgan fingerprint density at radius 1 is 1.47 bits per heavy atom. The number of halogens is 1. The van der Waals surface area contributed by atoms with Crippen LogP contribution in [-0.4, -0.2) is 28.7 Å². The molecule has 0 amide bonds. The molecule has 0 bridgehead atoms. The molecule has 0 fully saturated rings. The van der Waals surface area contributed by atoms with E-state index in [2.05, 4.69) is 21.9 Å². The highest BCUT2D eigenvalue weighted by Gasteiger charge is 2.17. The van der Waals surface area contributed by atoms with Crippen molar-refractivity contribution < 1.29 is 5.11 Å². The van der Waals surface area contributed by atoms with Crippen molar-refractivity contribution in [2.45, 2.75) is 6.42 Å². The van der Waals surface area contributed by atoms with Crippen LogP contribution in [0.25, 0.3) is 11.4 Å². The zero-order valence-electron chi connectivity index (χ0n) is 10.3. The van der Waals surface area contributed by atoms with E-state index >= 15 is 0 Å².